The Bertz CT molecular complexity index is 1180. The highest BCUT2D eigenvalue weighted by Gasteiger charge is 2.15. The van der Waals surface area contributed by atoms with E-state index >= 15 is 0 Å². The van der Waals surface area contributed by atoms with Crippen molar-refractivity contribution >= 4 is 17.6 Å². The molecule has 0 aliphatic heterocycles. The van der Waals surface area contributed by atoms with Crippen LogP contribution in [0.3, 0.4) is 0 Å². The molecule has 0 radical (unpaired) electrons. The molecule has 0 saturated carbocycles. The van der Waals surface area contributed by atoms with Crippen molar-refractivity contribution in [2.45, 2.75) is 34.2 Å². The van der Waals surface area contributed by atoms with Gasteiger partial charge in [0.15, 0.2) is 11.5 Å². The van der Waals surface area contributed by atoms with E-state index in [1.54, 1.807) is 25.3 Å². The fourth-order valence-electron chi connectivity index (χ4n) is 3.66. The second kappa shape index (κ2) is 10.2. The topological polar surface area (TPSA) is 89.8 Å². The first kappa shape index (κ1) is 23.8. The van der Waals surface area contributed by atoms with Crippen LogP contribution in [0.25, 0.3) is 0 Å². The van der Waals surface area contributed by atoms with Crippen LogP contribution in [0.1, 0.15) is 38.4 Å². The number of carbonyl (C=O) groups excluding carboxylic acids is 1. The predicted octanol–water partition coefficient (Wildman–Crippen LogP) is 4.07. The number of guanidine groups is 1. The van der Waals surface area contributed by atoms with Gasteiger partial charge in [0, 0.05) is 29.6 Å². The largest absolute Gasteiger partial charge is 0.493 e. The van der Waals surface area contributed by atoms with Crippen LogP contribution in [0.15, 0.2) is 41.4 Å². The first-order valence-corrected chi connectivity index (χ1v) is 10.6. The lowest BCUT2D eigenvalue weighted by Gasteiger charge is -2.14. The SMILES string of the molecule is COc1ccc(C(=O)NC(=NCc2c(C)nn(C)c2C)Nc2cc(C)cc(C)c2)cc1OC. The van der Waals surface area contributed by atoms with E-state index in [4.69, 9.17) is 9.47 Å². The Hall–Kier alpha value is -3.81. The van der Waals surface area contributed by atoms with Gasteiger partial charge in [-0.3, -0.25) is 14.8 Å². The monoisotopic (exact) mass is 449 g/mol. The summed E-state index contributed by atoms with van der Waals surface area (Å²) in [6.07, 6.45) is 0. The second-order valence-corrected chi connectivity index (χ2v) is 7.96. The third-order valence-electron chi connectivity index (χ3n) is 5.42. The smallest absolute Gasteiger partial charge is 0.258 e. The van der Waals surface area contributed by atoms with Gasteiger partial charge in [0.2, 0.25) is 5.96 Å². The minimum atomic E-state index is -0.314. The molecule has 2 N–H and O–H groups in total. The number of methoxy groups -OCH3 is 2. The van der Waals surface area contributed by atoms with Crippen LogP contribution in [-0.2, 0) is 13.6 Å². The van der Waals surface area contributed by atoms with Crippen molar-refractivity contribution in [2.24, 2.45) is 12.0 Å². The van der Waals surface area contributed by atoms with Crippen LogP contribution in [0.5, 0.6) is 11.5 Å². The molecule has 0 aliphatic carbocycles. The number of ether oxygens (including phenoxy) is 2. The normalized spacial score (nSPS) is 11.3. The zero-order valence-electron chi connectivity index (χ0n) is 20.2. The Morgan fingerprint density at radius 1 is 1.00 bits per heavy atom. The summed E-state index contributed by atoms with van der Waals surface area (Å²) in [7, 11) is 4.99. The molecule has 0 bridgehead atoms. The van der Waals surface area contributed by atoms with Gasteiger partial charge in [0.25, 0.3) is 5.91 Å². The molecule has 0 saturated heterocycles. The van der Waals surface area contributed by atoms with Crippen LogP contribution >= 0.6 is 0 Å². The van der Waals surface area contributed by atoms with Crippen LogP contribution in [0, 0.1) is 27.7 Å². The third-order valence-corrected chi connectivity index (χ3v) is 5.42. The molecular weight excluding hydrogens is 418 g/mol. The maximum absolute atomic E-state index is 13.1. The fraction of sp³-hybridized carbons (Fsp3) is 0.320. The molecule has 0 unspecified atom stereocenters. The number of aromatic nitrogens is 2. The number of aliphatic imine (C=N–C) groups is 1. The van der Waals surface area contributed by atoms with Crippen molar-refractivity contribution in [3.05, 3.63) is 70.0 Å². The average molecular weight is 450 g/mol. The molecule has 174 valence electrons. The first-order chi connectivity index (χ1) is 15.7. The quantitative estimate of drug-likeness (QED) is 0.437. The summed E-state index contributed by atoms with van der Waals surface area (Å²) < 4.78 is 12.4. The summed E-state index contributed by atoms with van der Waals surface area (Å²) in [6, 6.07) is 11.1. The molecular formula is C25H31N5O3. The molecule has 1 heterocycles. The molecule has 33 heavy (non-hydrogen) atoms. The van der Waals surface area contributed by atoms with E-state index < -0.39 is 0 Å². The zero-order valence-corrected chi connectivity index (χ0v) is 20.2. The van der Waals surface area contributed by atoms with E-state index in [-0.39, 0.29) is 5.91 Å². The third kappa shape index (κ3) is 5.71. The van der Waals surface area contributed by atoms with Gasteiger partial charge in [-0.2, -0.15) is 5.10 Å². The van der Waals surface area contributed by atoms with Crippen molar-refractivity contribution in [3.8, 4) is 11.5 Å². The van der Waals surface area contributed by atoms with Crippen LogP contribution < -0.4 is 20.1 Å². The van der Waals surface area contributed by atoms with Gasteiger partial charge in [-0.25, -0.2) is 4.99 Å². The Kier molecular flexibility index (Phi) is 7.37. The highest BCUT2D eigenvalue weighted by atomic mass is 16.5. The molecule has 3 aromatic rings. The van der Waals surface area contributed by atoms with Gasteiger partial charge >= 0.3 is 0 Å². The van der Waals surface area contributed by atoms with Gasteiger partial charge in [0.1, 0.15) is 0 Å². The minimum absolute atomic E-state index is 0.314. The van der Waals surface area contributed by atoms with Crippen molar-refractivity contribution < 1.29 is 14.3 Å². The molecule has 8 heteroatoms. The van der Waals surface area contributed by atoms with E-state index in [0.717, 1.165) is 33.8 Å². The number of carbonyl (C=O) groups is 1. The summed E-state index contributed by atoms with van der Waals surface area (Å²) in [6.45, 7) is 8.39. The van der Waals surface area contributed by atoms with E-state index in [9.17, 15) is 4.79 Å². The number of nitrogens with one attached hydrogen (secondary N) is 2. The van der Waals surface area contributed by atoms with Gasteiger partial charge in [-0.05, 0) is 69.2 Å². The highest BCUT2D eigenvalue weighted by Crippen LogP contribution is 2.27. The maximum atomic E-state index is 13.1. The average Bonchev–Trinajstić information content (AvgIpc) is 3.01. The van der Waals surface area contributed by atoms with Crippen LogP contribution in [-0.4, -0.2) is 35.9 Å². The number of anilines is 1. The lowest BCUT2D eigenvalue weighted by Crippen LogP contribution is -2.36. The van der Waals surface area contributed by atoms with Crippen molar-refractivity contribution in [2.75, 3.05) is 19.5 Å². The number of hydrogen-bond acceptors (Lipinski definition) is 5. The Labute approximate surface area is 194 Å². The standard InChI is InChI=1S/C25H31N5O3/c1-15-10-16(2)12-20(11-15)27-25(26-14-21-17(3)29-30(5)18(21)4)28-24(31)19-8-9-22(32-6)23(13-19)33-7/h8-13H,14H2,1-7H3,(H2,26,27,28,31). The van der Waals surface area contributed by atoms with E-state index in [0.29, 0.717) is 29.6 Å². The number of amides is 1. The van der Waals surface area contributed by atoms with Crippen LogP contribution in [0.4, 0.5) is 5.69 Å². The van der Waals surface area contributed by atoms with Gasteiger partial charge in [0.05, 0.1) is 26.5 Å². The van der Waals surface area contributed by atoms with Crippen LogP contribution in [0.2, 0.25) is 0 Å². The molecule has 3 rings (SSSR count). The molecule has 0 aliphatic rings. The molecule has 0 atom stereocenters. The summed E-state index contributed by atoms with van der Waals surface area (Å²) in [5.74, 6) is 1.07. The van der Waals surface area contributed by atoms with Crippen molar-refractivity contribution in [1.82, 2.24) is 15.1 Å². The predicted molar refractivity (Wildman–Crippen MR) is 130 cm³/mol. The van der Waals surface area contributed by atoms with Gasteiger partial charge < -0.3 is 14.8 Å². The van der Waals surface area contributed by atoms with Crippen molar-refractivity contribution in [3.63, 3.8) is 0 Å². The molecule has 8 nitrogen and oxygen atoms in total. The fourth-order valence-corrected chi connectivity index (χ4v) is 3.66. The molecule has 1 aromatic heterocycles. The first-order valence-electron chi connectivity index (χ1n) is 10.6. The minimum Gasteiger partial charge on any atom is -0.493 e. The molecule has 1 amide bonds. The summed E-state index contributed by atoms with van der Waals surface area (Å²) >= 11 is 0. The Morgan fingerprint density at radius 2 is 1.67 bits per heavy atom. The summed E-state index contributed by atoms with van der Waals surface area (Å²) in [5.41, 5.74) is 6.47. The number of rotatable bonds is 6. The zero-order chi connectivity index (χ0) is 24.1. The molecule has 0 fully saturated rings. The van der Waals surface area contributed by atoms with Gasteiger partial charge in [-0.15, -0.1) is 0 Å². The lowest BCUT2D eigenvalue weighted by atomic mass is 10.1. The molecule has 0 spiro atoms. The van der Waals surface area contributed by atoms with Crippen molar-refractivity contribution in [1.29, 1.82) is 0 Å². The van der Waals surface area contributed by atoms with E-state index in [2.05, 4.69) is 26.8 Å². The highest BCUT2D eigenvalue weighted by molar-refractivity contribution is 6.10. The number of benzene rings is 2. The Balaban J connectivity index is 1.91. The maximum Gasteiger partial charge on any atom is 0.258 e. The van der Waals surface area contributed by atoms with E-state index in [1.807, 2.05) is 51.6 Å². The second-order valence-electron chi connectivity index (χ2n) is 7.96. The van der Waals surface area contributed by atoms with Gasteiger partial charge in [-0.1, -0.05) is 6.07 Å². The molecule has 2 aromatic carbocycles. The Morgan fingerprint density at radius 3 is 2.24 bits per heavy atom. The summed E-state index contributed by atoms with van der Waals surface area (Å²) in [4.78, 5) is 17.7. The van der Waals surface area contributed by atoms with E-state index in [1.165, 1.54) is 7.11 Å². The number of nitrogens with zero attached hydrogens (tertiary/aromatic N) is 3. The summed E-state index contributed by atoms with van der Waals surface area (Å²) in [5, 5.41) is 10.6. The number of hydrogen-bond donors (Lipinski definition) is 2. The number of aryl methyl sites for hydroxylation is 4. The lowest BCUT2D eigenvalue weighted by molar-refractivity contribution is 0.0976.